The summed E-state index contributed by atoms with van der Waals surface area (Å²) in [6, 6.07) is 20.1. The van der Waals surface area contributed by atoms with Crippen molar-refractivity contribution in [3.05, 3.63) is 71.8 Å². The van der Waals surface area contributed by atoms with Crippen molar-refractivity contribution in [3.63, 3.8) is 0 Å². The number of carbonyl (C=O) groups is 1. The zero-order valence-electron chi connectivity index (χ0n) is 15.1. The Morgan fingerprint density at radius 2 is 1.54 bits per heavy atom. The van der Waals surface area contributed by atoms with Crippen molar-refractivity contribution >= 4 is 17.0 Å². The third-order valence-electron chi connectivity index (χ3n) is 3.67. The lowest BCUT2D eigenvalue weighted by atomic mass is 10.1. The highest BCUT2D eigenvalue weighted by atomic mass is 32.2. The van der Waals surface area contributed by atoms with Gasteiger partial charge in [0.15, 0.2) is 11.1 Å². The molecule has 1 amide bonds. The van der Waals surface area contributed by atoms with E-state index in [0.29, 0.717) is 6.54 Å². The van der Waals surface area contributed by atoms with Crippen molar-refractivity contribution < 1.29 is 13.6 Å². The molecule has 6 heteroatoms. The molecule has 26 heavy (non-hydrogen) atoms. The number of carbonyl (C=O) groups excluding carboxylic acids is 1. The molecule has 0 saturated heterocycles. The summed E-state index contributed by atoms with van der Waals surface area (Å²) in [4.78, 5) is 11.4. The minimum absolute atomic E-state index is 0.0813. The summed E-state index contributed by atoms with van der Waals surface area (Å²) in [5.41, 5.74) is 7.84. The average molecular weight is 377 g/mol. The fourth-order valence-electron chi connectivity index (χ4n) is 2.21. The molecule has 2 aromatic rings. The zero-order valence-corrected chi connectivity index (χ0v) is 16.0. The van der Waals surface area contributed by atoms with Crippen molar-refractivity contribution in [1.82, 2.24) is 5.32 Å². The Morgan fingerprint density at radius 1 is 1.04 bits per heavy atom. The molecule has 2 aromatic carbocycles. The van der Waals surface area contributed by atoms with Crippen LogP contribution in [0.4, 0.5) is 0 Å². The lowest BCUT2D eigenvalue weighted by Crippen LogP contribution is -2.29. The van der Waals surface area contributed by atoms with E-state index in [9.17, 15) is 9.00 Å². The second kappa shape index (κ2) is 13.2. The summed E-state index contributed by atoms with van der Waals surface area (Å²) in [7, 11) is 0. The van der Waals surface area contributed by atoms with Gasteiger partial charge in [0.05, 0.1) is 5.25 Å². The maximum Gasteiger partial charge on any atom is 0.221 e. The van der Waals surface area contributed by atoms with Gasteiger partial charge in [-0.15, -0.1) is 0 Å². The van der Waals surface area contributed by atoms with Gasteiger partial charge in [0.2, 0.25) is 5.91 Å². The number of hydrogen-bond donors (Lipinski definition) is 3. The Hall–Kier alpha value is -2.02. The summed E-state index contributed by atoms with van der Waals surface area (Å²) < 4.78 is 19.4. The van der Waals surface area contributed by atoms with Crippen LogP contribution in [0.5, 0.6) is 0 Å². The van der Waals surface area contributed by atoms with Crippen molar-refractivity contribution in [2.45, 2.75) is 31.4 Å². The predicted octanol–water partition coefficient (Wildman–Crippen LogP) is 2.53. The molecule has 0 fully saturated rings. The van der Waals surface area contributed by atoms with Crippen LogP contribution in [0, 0.1) is 0 Å². The van der Waals surface area contributed by atoms with Crippen LogP contribution < -0.4 is 11.1 Å². The van der Waals surface area contributed by atoms with Gasteiger partial charge < -0.3 is 15.6 Å². The van der Waals surface area contributed by atoms with Crippen LogP contribution in [0.3, 0.4) is 0 Å². The SMILES string of the molecule is CC(CC(=O)NCCc1ccccc1)S(=O)O.NCCc1ccccc1. The summed E-state index contributed by atoms with van der Waals surface area (Å²) in [5.74, 6) is -0.184. The second-order valence-corrected chi connectivity index (χ2v) is 7.26. The fourth-order valence-corrected chi connectivity index (χ4v) is 2.50. The molecular formula is C20H28N2O3S. The largest absolute Gasteiger partial charge is 0.356 e. The molecule has 0 spiro atoms. The Bertz CT molecular complexity index is 651. The molecule has 2 rings (SSSR count). The molecule has 0 bridgehead atoms. The summed E-state index contributed by atoms with van der Waals surface area (Å²) >= 11 is -1.93. The number of nitrogens with one attached hydrogen (secondary N) is 1. The average Bonchev–Trinajstić information content (AvgIpc) is 2.64. The molecule has 4 N–H and O–H groups in total. The Kier molecular flexibility index (Phi) is 11.2. The maximum absolute atomic E-state index is 11.4. The molecule has 142 valence electrons. The van der Waals surface area contributed by atoms with Crippen LogP contribution in [-0.2, 0) is 28.7 Å². The molecule has 2 atom stereocenters. The van der Waals surface area contributed by atoms with Gasteiger partial charge in [-0.2, -0.15) is 0 Å². The van der Waals surface area contributed by atoms with Crippen molar-refractivity contribution in [3.8, 4) is 0 Å². The Labute approximate surface area is 158 Å². The standard InChI is InChI=1S/C12H17NO3S.C8H11N/c1-10(17(15)16)9-12(14)13-8-7-11-5-3-2-4-6-11;9-7-6-8-4-2-1-3-5-8/h2-6,10H,7-9H2,1H3,(H,13,14)(H,15,16);1-5H,6-7,9H2. The number of amides is 1. The molecule has 5 nitrogen and oxygen atoms in total. The number of rotatable bonds is 8. The first-order chi connectivity index (χ1) is 12.5. The minimum atomic E-state index is -1.93. The van der Waals surface area contributed by atoms with Crippen LogP contribution >= 0.6 is 0 Å². The first kappa shape index (κ1) is 22.0. The molecule has 0 aromatic heterocycles. The quantitative estimate of drug-likeness (QED) is 0.617. The van der Waals surface area contributed by atoms with Gasteiger partial charge in [-0.25, -0.2) is 4.21 Å². The number of nitrogens with two attached hydrogens (primary N) is 1. The maximum atomic E-state index is 11.4. The number of hydrogen-bond acceptors (Lipinski definition) is 3. The van der Waals surface area contributed by atoms with Crippen LogP contribution in [0.1, 0.15) is 24.5 Å². The summed E-state index contributed by atoms with van der Waals surface area (Å²) in [6.07, 6.45) is 1.84. The molecule has 2 unspecified atom stereocenters. The second-order valence-electron chi connectivity index (χ2n) is 5.90. The summed E-state index contributed by atoms with van der Waals surface area (Å²) in [6.45, 7) is 2.87. The van der Waals surface area contributed by atoms with Gasteiger partial charge in [0.25, 0.3) is 0 Å². The third kappa shape index (κ3) is 10.1. The highest BCUT2D eigenvalue weighted by molar-refractivity contribution is 7.79. The lowest BCUT2D eigenvalue weighted by Gasteiger charge is -2.08. The minimum Gasteiger partial charge on any atom is -0.356 e. The van der Waals surface area contributed by atoms with Crippen LogP contribution in [0.2, 0.25) is 0 Å². The van der Waals surface area contributed by atoms with Crippen molar-refractivity contribution in [2.75, 3.05) is 13.1 Å². The fraction of sp³-hybridized carbons (Fsp3) is 0.350. The topological polar surface area (TPSA) is 92.4 Å². The number of benzene rings is 2. The van der Waals surface area contributed by atoms with E-state index in [-0.39, 0.29) is 12.3 Å². The molecule has 0 heterocycles. The van der Waals surface area contributed by atoms with Gasteiger partial charge in [-0.1, -0.05) is 60.7 Å². The monoisotopic (exact) mass is 376 g/mol. The van der Waals surface area contributed by atoms with E-state index < -0.39 is 16.3 Å². The van der Waals surface area contributed by atoms with E-state index in [4.69, 9.17) is 10.3 Å². The van der Waals surface area contributed by atoms with Gasteiger partial charge in [0, 0.05) is 13.0 Å². The molecule has 0 aliphatic rings. The van der Waals surface area contributed by atoms with Gasteiger partial charge >= 0.3 is 0 Å². The van der Waals surface area contributed by atoms with Crippen LogP contribution in [0.15, 0.2) is 60.7 Å². The smallest absolute Gasteiger partial charge is 0.221 e. The molecule has 0 aliphatic heterocycles. The van der Waals surface area contributed by atoms with E-state index in [2.05, 4.69) is 17.4 Å². The highest BCUT2D eigenvalue weighted by Crippen LogP contribution is 2.00. The van der Waals surface area contributed by atoms with Crippen molar-refractivity contribution in [1.29, 1.82) is 0 Å². The van der Waals surface area contributed by atoms with E-state index >= 15 is 0 Å². The summed E-state index contributed by atoms with van der Waals surface area (Å²) in [5, 5.41) is 2.21. The first-order valence-corrected chi connectivity index (χ1v) is 9.84. The normalized spacial score (nSPS) is 12.4. The molecule has 0 aliphatic carbocycles. The molecule has 0 radical (unpaired) electrons. The van der Waals surface area contributed by atoms with Gasteiger partial charge in [0.1, 0.15) is 0 Å². The first-order valence-electron chi connectivity index (χ1n) is 8.67. The Balaban J connectivity index is 0.000000314. The van der Waals surface area contributed by atoms with Gasteiger partial charge in [-0.3, -0.25) is 4.79 Å². The highest BCUT2D eigenvalue weighted by Gasteiger charge is 2.13. The molecule has 0 saturated carbocycles. The third-order valence-corrected chi connectivity index (χ3v) is 4.53. The van der Waals surface area contributed by atoms with E-state index in [1.165, 1.54) is 5.56 Å². The van der Waals surface area contributed by atoms with Crippen molar-refractivity contribution in [2.24, 2.45) is 5.73 Å². The predicted molar refractivity (Wildman–Crippen MR) is 107 cm³/mol. The van der Waals surface area contributed by atoms with E-state index in [1.807, 2.05) is 48.5 Å². The van der Waals surface area contributed by atoms with E-state index in [0.717, 1.165) is 24.9 Å². The lowest BCUT2D eigenvalue weighted by molar-refractivity contribution is -0.121. The van der Waals surface area contributed by atoms with Crippen LogP contribution in [0.25, 0.3) is 0 Å². The molecular weight excluding hydrogens is 348 g/mol. The van der Waals surface area contributed by atoms with Gasteiger partial charge in [-0.05, 0) is 37.4 Å². The van der Waals surface area contributed by atoms with Crippen LogP contribution in [-0.4, -0.2) is 33.0 Å². The van der Waals surface area contributed by atoms with E-state index in [1.54, 1.807) is 6.92 Å². The Morgan fingerprint density at radius 3 is 2.00 bits per heavy atom. The zero-order chi connectivity index (χ0) is 19.2.